The van der Waals surface area contributed by atoms with Crippen molar-refractivity contribution in [3.8, 4) is 0 Å². The van der Waals surface area contributed by atoms with E-state index in [2.05, 4.69) is 6.92 Å². The molecule has 0 N–H and O–H groups in total. The molecule has 1 aromatic carbocycles. The summed E-state index contributed by atoms with van der Waals surface area (Å²) in [6.45, 7) is 7.59. The molecule has 0 heterocycles. The van der Waals surface area contributed by atoms with Crippen molar-refractivity contribution in [3.63, 3.8) is 0 Å². The lowest BCUT2D eigenvalue weighted by Crippen LogP contribution is -1.94. The van der Waals surface area contributed by atoms with Gasteiger partial charge in [0.1, 0.15) is 5.82 Å². The van der Waals surface area contributed by atoms with E-state index in [0.29, 0.717) is 0 Å². The van der Waals surface area contributed by atoms with Crippen molar-refractivity contribution >= 4 is 0 Å². The minimum Gasteiger partial charge on any atom is -0.207 e. The molecule has 11 heavy (non-hydrogen) atoms. The zero-order valence-electron chi connectivity index (χ0n) is 6.89. The molecule has 1 rings (SSSR count). The van der Waals surface area contributed by atoms with Crippen molar-refractivity contribution in [3.05, 3.63) is 42.1 Å². The van der Waals surface area contributed by atoms with E-state index in [0.717, 1.165) is 11.1 Å². The average Bonchev–Trinajstić information content (AvgIpc) is 1.94. The van der Waals surface area contributed by atoms with E-state index in [1.807, 2.05) is 13.0 Å². The van der Waals surface area contributed by atoms with Gasteiger partial charge in [-0.05, 0) is 37.0 Å². The molecule has 1 unspecified atom stereocenters. The lowest BCUT2D eigenvalue weighted by molar-refractivity contribution is 0.614. The van der Waals surface area contributed by atoms with Crippen LogP contribution in [0.4, 0.5) is 4.39 Å². The first-order chi connectivity index (χ1) is 5.13. The molecule has 0 bridgehead atoms. The standard InChI is InChI=1S/C10H12F/c1-7(2)9-5-4-6-10(11)8(9)3/h4-7H,1H2,2-3H3. The predicted octanol–water partition coefficient (Wildman–Crippen LogP) is 3.07. The summed E-state index contributed by atoms with van der Waals surface area (Å²) in [4.78, 5) is 0. The minimum absolute atomic E-state index is 0.141. The number of hydrogen-bond acceptors (Lipinski definition) is 0. The van der Waals surface area contributed by atoms with Gasteiger partial charge in [-0.15, -0.1) is 0 Å². The molecule has 0 saturated heterocycles. The van der Waals surface area contributed by atoms with E-state index in [4.69, 9.17) is 0 Å². The summed E-state index contributed by atoms with van der Waals surface area (Å²) in [5.41, 5.74) is 1.71. The van der Waals surface area contributed by atoms with Gasteiger partial charge < -0.3 is 0 Å². The molecule has 1 heteroatoms. The van der Waals surface area contributed by atoms with Crippen molar-refractivity contribution < 1.29 is 4.39 Å². The molecule has 0 aliphatic carbocycles. The van der Waals surface area contributed by atoms with Gasteiger partial charge in [0, 0.05) is 0 Å². The molecule has 0 aromatic heterocycles. The molecule has 0 nitrogen and oxygen atoms in total. The van der Waals surface area contributed by atoms with Crippen molar-refractivity contribution in [2.75, 3.05) is 0 Å². The molecule has 0 aliphatic rings. The molecule has 0 fully saturated rings. The maximum absolute atomic E-state index is 12.9. The quantitative estimate of drug-likeness (QED) is 0.578. The fourth-order valence-electron chi connectivity index (χ4n) is 1.16. The smallest absolute Gasteiger partial charge is 0.126 e. The maximum atomic E-state index is 12.9. The summed E-state index contributed by atoms with van der Waals surface area (Å²) >= 11 is 0. The van der Waals surface area contributed by atoms with Gasteiger partial charge in [0.15, 0.2) is 0 Å². The van der Waals surface area contributed by atoms with Crippen LogP contribution in [0.15, 0.2) is 18.2 Å². The second-order valence-corrected chi connectivity index (χ2v) is 2.86. The highest BCUT2D eigenvalue weighted by molar-refractivity contribution is 5.30. The predicted molar refractivity (Wildman–Crippen MR) is 44.9 cm³/mol. The highest BCUT2D eigenvalue weighted by atomic mass is 19.1. The molecule has 0 aliphatic heterocycles. The van der Waals surface area contributed by atoms with Crippen LogP contribution in [0, 0.1) is 19.7 Å². The molecule has 1 atom stereocenters. The fraction of sp³-hybridized carbons (Fsp3) is 0.300. The highest BCUT2D eigenvalue weighted by Crippen LogP contribution is 2.19. The van der Waals surface area contributed by atoms with E-state index in [9.17, 15) is 4.39 Å². The second kappa shape index (κ2) is 3.04. The van der Waals surface area contributed by atoms with Crippen LogP contribution in [-0.4, -0.2) is 0 Å². The second-order valence-electron chi connectivity index (χ2n) is 2.86. The molecular formula is C10H12F. The molecule has 1 radical (unpaired) electrons. The topological polar surface area (TPSA) is 0 Å². The van der Waals surface area contributed by atoms with E-state index in [-0.39, 0.29) is 11.7 Å². The Balaban J connectivity index is 3.17. The van der Waals surface area contributed by atoms with Crippen molar-refractivity contribution in [2.45, 2.75) is 19.8 Å². The van der Waals surface area contributed by atoms with Crippen molar-refractivity contribution in [1.29, 1.82) is 0 Å². The summed E-state index contributed by atoms with van der Waals surface area (Å²) in [6, 6.07) is 5.11. The van der Waals surface area contributed by atoms with Crippen LogP contribution >= 0.6 is 0 Å². The van der Waals surface area contributed by atoms with Gasteiger partial charge in [0.2, 0.25) is 0 Å². The first kappa shape index (κ1) is 8.25. The van der Waals surface area contributed by atoms with Crippen LogP contribution < -0.4 is 0 Å². The van der Waals surface area contributed by atoms with Gasteiger partial charge in [-0.25, -0.2) is 4.39 Å². The molecule has 1 aromatic rings. The van der Waals surface area contributed by atoms with Gasteiger partial charge in [-0.1, -0.05) is 19.1 Å². The zero-order chi connectivity index (χ0) is 8.43. The maximum Gasteiger partial charge on any atom is 0.126 e. The molecule has 59 valence electrons. The molecule has 0 saturated carbocycles. The van der Waals surface area contributed by atoms with E-state index in [1.54, 1.807) is 13.0 Å². The van der Waals surface area contributed by atoms with Crippen LogP contribution in [0.2, 0.25) is 0 Å². The number of benzene rings is 1. The van der Waals surface area contributed by atoms with Crippen LogP contribution in [0.1, 0.15) is 24.0 Å². The Bertz CT molecular complexity index is 251. The summed E-state index contributed by atoms with van der Waals surface area (Å²) in [6.07, 6.45) is 0. The van der Waals surface area contributed by atoms with Crippen LogP contribution in [-0.2, 0) is 0 Å². The van der Waals surface area contributed by atoms with Crippen molar-refractivity contribution in [1.82, 2.24) is 0 Å². The summed E-state index contributed by atoms with van der Waals surface area (Å²) < 4.78 is 12.9. The third kappa shape index (κ3) is 1.59. The number of halogens is 1. The fourth-order valence-corrected chi connectivity index (χ4v) is 1.16. The Hall–Kier alpha value is -0.850. The normalized spacial score (nSPS) is 10.6. The van der Waals surface area contributed by atoms with Gasteiger partial charge in [-0.3, -0.25) is 0 Å². The molecule has 0 amide bonds. The number of rotatable bonds is 1. The van der Waals surface area contributed by atoms with E-state index < -0.39 is 0 Å². The number of hydrogen-bond donors (Lipinski definition) is 0. The van der Waals surface area contributed by atoms with Gasteiger partial charge in [0.05, 0.1) is 0 Å². The Labute approximate surface area is 67.1 Å². The highest BCUT2D eigenvalue weighted by Gasteiger charge is 2.05. The summed E-state index contributed by atoms with van der Waals surface area (Å²) in [7, 11) is 0. The van der Waals surface area contributed by atoms with E-state index >= 15 is 0 Å². The molecule has 0 spiro atoms. The molecular weight excluding hydrogens is 139 g/mol. The first-order valence-electron chi connectivity index (χ1n) is 3.71. The first-order valence-corrected chi connectivity index (χ1v) is 3.71. The summed E-state index contributed by atoms with van der Waals surface area (Å²) in [5.74, 6) is 0.0173. The van der Waals surface area contributed by atoms with Crippen LogP contribution in [0.5, 0.6) is 0 Å². The van der Waals surface area contributed by atoms with Crippen molar-refractivity contribution in [2.24, 2.45) is 0 Å². The van der Waals surface area contributed by atoms with Gasteiger partial charge >= 0.3 is 0 Å². The summed E-state index contributed by atoms with van der Waals surface area (Å²) in [5, 5.41) is 0. The Morgan fingerprint density at radius 3 is 2.55 bits per heavy atom. The van der Waals surface area contributed by atoms with Gasteiger partial charge in [-0.2, -0.15) is 0 Å². The third-order valence-corrected chi connectivity index (χ3v) is 1.84. The zero-order valence-corrected chi connectivity index (χ0v) is 6.89. The minimum atomic E-state index is -0.141. The van der Waals surface area contributed by atoms with Gasteiger partial charge in [0.25, 0.3) is 0 Å². The largest absolute Gasteiger partial charge is 0.207 e. The third-order valence-electron chi connectivity index (χ3n) is 1.84. The monoisotopic (exact) mass is 151 g/mol. The lowest BCUT2D eigenvalue weighted by Gasteiger charge is -2.08. The Morgan fingerprint density at radius 1 is 1.45 bits per heavy atom. The Kier molecular flexibility index (Phi) is 2.28. The Morgan fingerprint density at radius 2 is 2.09 bits per heavy atom. The lowest BCUT2D eigenvalue weighted by atomic mass is 9.98. The van der Waals surface area contributed by atoms with E-state index in [1.165, 1.54) is 6.07 Å². The average molecular weight is 151 g/mol. The van der Waals surface area contributed by atoms with Crippen LogP contribution in [0.3, 0.4) is 0 Å². The SMILES string of the molecule is [CH2]C(C)c1cccc(F)c1C. The van der Waals surface area contributed by atoms with Crippen LogP contribution in [0.25, 0.3) is 0 Å².